The molecule has 1 aromatic heterocycles. The highest BCUT2D eigenvalue weighted by atomic mass is 79.9. The van der Waals surface area contributed by atoms with Crippen LogP contribution in [0.25, 0.3) is 0 Å². The van der Waals surface area contributed by atoms with Gasteiger partial charge in [-0.25, -0.2) is 0 Å². The van der Waals surface area contributed by atoms with Gasteiger partial charge in [0.05, 0.1) is 24.5 Å². The van der Waals surface area contributed by atoms with E-state index in [2.05, 4.69) is 26.2 Å². The predicted molar refractivity (Wildman–Crippen MR) is 78.1 cm³/mol. The molecule has 2 heterocycles. The van der Waals surface area contributed by atoms with Crippen molar-refractivity contribution in [3.8, 4) is 0 Å². The first-order chi connectivity index (χ1) is 9.24. The molecular formula is C14H12BrN3O. The number of anilines is 2. The molecule has 1 N–H and O–H groups in total. The van der Waals surface area contributed by atoms with E-state index in [1.54, 1.807) is 17.3 Å². The molecular weight excluding hydrogens is 306 g/mol. The van der Waals surface area contributed by atoms with Gasteiger partial charge in [0.2, 0.25) is 5.91 Å². The van der Waals surface area contributed by atoms with Crippen molar-refractivity contribution >= 4 is 33.2 Å². The molecule has 0 unspecified atom stereocenters. The van der Waals surface area contributed by atoms with Crippen molar-refractivity contribution in [2.24, 2.45) is 0 Å². The number of hydrogen-bond donors (Lipinski definition) is 1. The predicted octanol–water partition coefficient (Wildman–Crippen LogP) is 2.80. The first kappa shape index (κ1) is 12.2. The van der Waals surface area contributed by atoms with Crippen molar-refractivity contribution in [2.45, 2.75) is 6.54 Å². The van der Waals surface area contributed by atoms with E-state index < -0.39 is 0 Å². The van der Waals surface area contributed by atoms with Gasteiger partial charge in [-0.1, -0.05) is 12.1 Å². The van der Waals surface area contributed by atoms with Crippen LogP contribution in [0.2, 0.25) is 0 Å². The van der Waals surface area contributed by atoms with Crippen molar-refractivity contribution in [1.82, 2.24) is 4.98 Å². The topological polar surface area (TPSA) is 45.2 Å². The number of fused-ring (bicyclic) bond motifs is 1. The molecule has 19 heavy (non-hydrogen) atoms. The van der Waals surface area contributed by atoms with Crippen LogP contribution in [0.3, 0.4) is 0 Å². The number of aromatic nitrogens is 1. The van der Waals surface area contributed by atoms with Crippen molar-refractivity contribution in [3.05, 3.63) is 52.8 Å². The average molecular weight is 318 g/mol. The Bertz CT molecular complexity index is 630. The number of nitrogens with zero attached hydrogens (tertiary/aromatic N) is 2. The van der Waals surface area contributed by atoms with Gasteiger partial charge in [-0.3, -0.25) is 9.78 Å². The fourth-order valence-corrected chi connectivity index (χ4v) is 2.57. The van der Waals surface area contributed by atoms with Crippen LogP contribution in [0.5, 0.6) is 0 Å². The van der Waals surface area contributed by atoms with Crippen molar-refractivity contribution in [3.63, 3.8) is 0 Å². The van der Waals surface area contributed by atoms with E-state index in [9.17, 15) is 4.79 Å². The molecule has 0 aliphatic carbocycles. The zero-order valence-corrected chi connectivity index (χ0v) is 11.7. The highest BCUT2D eigenvalue weighted by Crippen LogP contribution is 2.30. The Kier molecular flexibility index (Phi) is 3.21. The SMILES string of the molecule is O=C1CNc2ccccc2N1Cc1cncc(Br)c1. The normalized spacial score (nSPS) is 13.9. The minimum Gasteiger partial charge on any atom is -0.374 e. The molecule has 0 saturated carbocycles. The van der Waals surface area contributed by atoms with Gasteiger partial charge in [0.15, 0.2) is 0 Å². The van der Waals surface area contributed by atoms with Gasteiger partial charge in [-0.2, -0.15) is 0 Å². The van der Waals surface area contributed by atoms with Gasteiger partial charge in [0.25, 0.3) is 0 Å². The molecule has 1 aromatic carbocycles. The summed E-state index contributed by atoms with van der Waals surface area (Å²) in [6.45, 7) is 0.864. The molecule has 2 aromatic rings. The van der Waals surface area contributed by atoms with Gasteiger partial charge in [0.1, 0.15) is 0 Å². The van der Waals surface area contributed by atoms with Crippen molar-refractivity contribution in [1.29, 1.82) is 0 Å². The van der Waals surface area contributed by atoms with E-state index in [-0.39, 0.29) is 5.91 Å². The van der Waals surface area contributed by atoms with Crippen LogP contribution in [0.4, 0.5) is 11.4 Å². The fraction of sp³-hybridized carbons (Fsp3) is 0.143. The number of pyridine rings is 1. The Morgan fingerprint density at radius 3 is 3.00 bits per heavy atom. The maximum Gasteiger partial charge on any atom is 0.246 e. The number of hydrogen-bond acceptors (Lipinski definition) is 3. The number of rotatable bonds is 2. The smallest absolute Gasteiger partial charge is 0.246 e. The maximum atomic E-state index is 12.1. The van der Waals surface area contributed by atoms with Crippen LogP contribution in [0, 0.1) is 0 Å². The van der Waals surface area contributed by atoms with Gasteiger partial charge in [0, 0.05) is 16.9 Å². The zero-order valence-electron chi connectivity index (χ0n) is 10.1. The van der Waals surface area contributed by atoms with Crippen LogP contribution in [-0.2, 0) is 11.3 Å². The summed E-state index contributed by atoms with van der Waals surface area (Å²) in [5.74, 6) is 0.0682. The number of halogens is 1. The Morgan fingerprint density at radius 2 is 2.16 bits per heavy atom. The Hall–Kier alpha value is -1.88. The molecule has 0 atom stereocenters. The van der Waals surface area contributed by atoms with Crippen LogP contribution >= 0.6 is 15.9 Å². The number of para-hydroxylation sites is 2. The first-order valence-electron chi connectivity index (χ1n) is 5.97. The van der Waals surface area contributed by atoms with Crippen LogP contribution in [0.1, 0.15) is 5.56 Å². The summed E-state index contributed by atoms with van der Waals surface area (Å²) in [5.41, 5.74) is 2.91. The average Bonchev–Trinajstić information content (AvgIpc) is 2.42. The summed E-state index contributed by atoms with van der Waals surface area (Å²) >= 11 is 3.40. The Morgan fingerprint density at radius 1 is 1.32 bits per heavy atom. The van der Waals surface area contributed by atoms with Gasteiger partial charge in [-0.15, -0.1) is 0 Å². The van der Waals surface area contributed by atoms with Gasteiger partial charge >= 0.3 is 0 Å². The fourth-order valence-electron chi connectivity index (χ4n) is 2.16. The minimum atomic E-state index is 0.0682. The van der Waals surface area contributed by atoms with Crippen LogP contribution in [0.15, 0.2) is 47.2 Å². The van der Waals surface area contributed by atoms with E-state index in [1.165, 1.54) is 0 Å². The van der Waals surface area contributed by atoms with E-state index >= 15 is 0 Å². The second-order valence-electron chi connectivity index (χ2n) is 4.36. The number of carbonyl (C=O) groups is 1. The first-order valence-corrected chi connectivity index (χ1v) is 6.76. The summed E-state index contributed by atoms with van der Waals surface area (Å²) in [5, 5.41) is 3.12. The molecule has 0 saturated heterocycles. The highest BCUT2D eigenvalue weighted by molar-refractivity contribution is 9.10. The molecule has 0 spiro atoms. The molecule has 1 amide bonds. The minimum absolute atomic E-state index is 0.0682. The maximum absolute atomic E-state index is 12.1. The molecule has 96 valence electrons. The standard InChI is InChI=1S/C14H12BrN3O/c15-11-5-10(6-16-7-11)9-18-13-4-2-1-3-12(13)17-8-14(18)19/h1-7,17H,8-9H2. The number of carbonyl (C=O) groups excluding carboxylic acids is 1. The lowest BCUT2D eigenvalue weighted by Crippen LogP contribution is -2.39. The van der Waals surface area contributed by atoms with Crippen molar-refractivity contribution in [2.75, 3.05) is 16.8 Å². The lowest BCUT2D eigenvalue weighted by molar-refractivity contribution is -0.117. The Balaban J connectivity index is 1.94. The third-order valence-corrected chi connectivity index (χ3v) is 3.46. The second kappa shape index (κ2) is 5.01. The third-order valence-electron chi connectivity index (χ3n) is 3.03. The molecule has 0 radical (unpaired) electrons. The summed E-state index contributed by atoms with van der Waals surface area (Å²) in [6, 6.07) is 9.80. The van der Waals surface area contributed by atoms with Crippen LogP contribution in [-0.4, -0.2) is 17.4 Å². The lowest BCUT2D eigenvalue weighted by atomic mass is 10.1. The van der Waals surface area contributed by atoms with Crippen LogP contribution < -0.4 is 10.2 Å². The highest BCUT2D eigenvalue weighted by Gasteiger charge is 2.23. The molecule has 4 nitrogen and oxygen atoms in total. The second-order valence-corrected chi connectivity index (χ2v) is 5.28. The van der Waals surface area contributed by atoms with Crippen molar-refractivity contribution < 1.29 is 4.79 Å². The molecule has 5 heteroatoms. The van der Waals surface area contributed by atoms with E-state index in [0.29, 0.717) is 13.1 Å². The largest absolute Gasteiger partial charge is 0.374 e. The van der Waals surface area contributed by atoms with Gasteiger partial charge < -0.3 is 10.2 Å². The molecule has 1 aliphatic heterocycles. The molecule has 3 rings (SSSR count). The summed E-state index contributed by atoms with van der Waals surface area (Å²) < 4.78 is 0.917. The van der Waals surface area contributed by atoms with E-state index in [1.807, 2.05) is 30.3 Å². The van der Waals surface area contributed by atoms with E-state index in [4.69, 9.17) is 0 Å². The lowest BCUT2D eigenvalue weighted by Gasteiger charge is -2.30. The summed E-state index contributed by atoms with van der Waals surface area (Å²) in [4.78, 5) is 18.0. The van der Waals surface area contributed by atoms with Gasteiger partial charge in [-0.05, 0) is 39.7 Å². The zero-order chi connectivity index (χ0) is 13.2. The monoisotopic (exact) mass is 317 g/mol. The van der Waals surface area contributed by atoms with E-state index in [0.717, 1.165) is 21.4 Å². The molecule has 1 aliphatic rings. The molecule has 0 fully saturated rings. The third kappa shape index (κ3) is 2.46. The number of amides is 1. The number of benzene rings is 1. The molecule has 0 bridgehead atoms. The summed E-state index contributed by atoms with van der Waals surface area (Å²) in [7, 11) is 0. The quantitative estimate of drug-likeness (QED) is 0.926. The Labute approximate surface area is 119 Å². The number of nitrogens with one attached hydrogen (secondary N) is 1. The summed E-state index contributed by atoms with van der Waals surface area (Å²) in [6.07, 6.45) is 3.51.